The molecule has 124 valence electrons. The lowest BCUT2D eigenvalue weighted by Crippen LogP contribution is -2.32. The monoisotopic (exact) mass is 331 g/mol. The number of amides is 1. The van der Waals surface area contributed by atoms with E-state index in [1.165, 1.54) is 0 Å². The minimum Gasteiger partial charge on any atom is -0.441 e. The van der Waals surface area contributed by atoms with Crippen molar-refractivity contribution in [2.45, 2.75) is 19.9 Å². The maximum Gasteiger partial charge on any atom is 0.246 e. The minimum atomic E-state index is -0.698. The van der Waals surface area contributed by atoms with Crippen LogP contribution in [0.15, 0.2) is 40.8 Å². The van der Waals surface area contributed by atoms with E-state index in [4.69, 9.17) is 4.42 Å². The standard InChI is InChI=1S/C17H15F2N3O2/c1-9(17(23)22-14-7-11(18)3-5-13(14)19)20-12-4-6-16-15(8-12)21-10(2)24-16/h3-9,20H,1-2H3,(H,22,23)/t9-/m0/s1. The Labute approximate surface area is 136 Å². The van der Waals surface area contributed by atoms with Crippen molar-refractivity contribution < 1.29 is 18.0 Å². The molecule has 0 unspecified atom stereocenters. The van der Waals surface area contributed by atoms with Crippen molar-refractivity contribution in [2.75, 3.05) is 10.6 Å². The fourth-order valence-electron chi connectivity index (χ4n) is 2.28. The third kappa shape index (κ3) is 3.34. The second-order valence-electron chi connectivity index (χ2n) is 5.39. The van der Waals surface area contributed by atoms with Gasteiger partial charge in [0.05, 0.1) is 5.69 Å². The molecule has 1 heterocycles. The lowest BCUT2D eigenvalue weighted by Gasteiger charge is -2.15. The SMILES string of the molecule is Cc1nc2cc(N[C@@H](C)C(=O)Nc3cc(F)ccc3F)ccc2o1. The highest BCUT2D eigenvalue weighted by atomic mass is 19.1. The van der Waals surface area contributed by atoms with Gasteiger partial charge in [-0.2, -0.15) is 0 Å². The van der Waals surface area contributed by atoms with Gasteiger partial charge in [-0.3, -0.25) is 4.79 Å². The first-order valence-corrected chi connectivity index (χ1v) is 7.32. The maximum absolute atomic E-state index is 13.6. The number of carbonyl (C=O) groups excluding carboxylic acids is 1. The van der Waals surface area contributed by atoms with Crippen LogP contribution in [0.2, 0.25) is 0 Å². The molecule has 24 heavy (non-hydrogen) atoms. The molecule has 0 spiro atoms. The van der Waals surface area contributed by atoms with Crippen LogP contribution in [0.25, 0.3) is 11.1 Å². The predicted molar refractivity (Wildman–Crippen MR) is 86.8 cm³/mol. The summed E-state index contributed by atoms with van der Waals surface area (Å²) >= 11 is 0. The van der Waals surface area contributed by atoms with Gasteiger partial charge in [0, 0.05) is 18.7 Å². The molecular weight excluding hydrogens is 316 g/mol. The molecule has 1 atom stereocenters. The van der Waals surface area contributed by atoms with E-state index < -0.39 is 23.6 Å². The number of hydrogen-bond donors (Lipinski definition) is 2. The van der Waals surface area contributed by atoms with Crippen molar-refractivity contribution in [3.05, 3.63) is 53.9 Å². The number of rotatable bonds is 4. The number of anilines is 2. The molecule has 1 aromatic heterocycles. The summed E-state index contributed by atoms with van der Waals surface area (Å²) in [5.41, 5.74) is 1.78. The number of fused-ring (bicyclic) bond motifs is 1. The zero-order valence-corrected chi connectivity index (χ0v) is 13.1. The Balaban J connectivity index is 1.71. The average molecular weight is 331 g/mol. The molecule has 0 aliphatic rings. The number of benzene rings is 2. The summed E-state index contributed by atoms with van der Waals surface area (Å²) in [6, 6.07) is 7.46. The van der Waals surface area contributed by atoms with E-state index in [2.05, 4.69) is 15.6 Å². The van der Waals surface area contributed by atoms with E-state index in [1.807, 2.05) is 0 Å². The van der Waals surface area contributed by atoms with Crippen molar-refractivity contribution in [1.82, 2.24) is 4.98 Å². The highest BCUT2D eigenvalue weighted by Gasteiger charge is 2.16. The van der Waals surface area contributed by atoms with Gasteiger partial charge in [-0.15, -0.1) is 0 Å². The van der Waals surface area contributed by atoms with E-state index >= 15 is 0 Å². The number of aromatic nitrogens is 1. The summed E-state index contributed by atoms with van der Waals surface area (Å²) in [6.07, 6.45) is 0. The Morgan fingerprint density at radius 1 is 1.21 bits per heavy atom. The minimum absolute atomic E-state index is 0.198. The molecule has 2 aromatic carbocycles. The second kappa shape index (κ2) is 6.27. The van der Waals surface area contributed by atoms with Gasteiger partial charge in [-0.1, -0.05) is 0 Å². The van der Waals surface area contributed by atoms with E-state index in [9.17, 15) is 13.6 Å². The highest BCUT2D eigenvalue weighted by molar-refractivity contribution is 5.96. The Morgan fingerprint density at radius 3 is 2.79 bits per heavy atom. The van der Waals surface area contributed by atoms with Crippen LogP contribution in [0.5, 0.6) is 0 Å². The van der Waals surface area contributed by atoms with Crippen LogP contribution >= 0.6 is 0 Å². The summed E-state index contributed by atoms with van der Waals surface area (Å²) in [7, 11) is 0. The van der Waals surface area contributed by atoms with E-state index in [0.717, 1.165) is 18.2 Å². The number of hydrogen-bond acceptors (Lipinski definition) is 4. The van der Waals surface area contributed by atoms with Crippen LogP contribution in [-0.2, 0) is 4.79 Å². The second-order valence-corrected chi connectivity index (χ2v) is 5.39. The van der Waals surface area contributed by atoms with Crippen LogP contribution in [0.3, 0.4) is 0 Å². The van der Waals surface area contributed by atoms with Gasteiger partial charge in [0.2, 0.25) is 5.91 Å². The van der Waals surface area contributed by atoms with Crippen LogP contribution in [0.4, 0.5) is 20.2 Å². The lowest BCUT2D eigenvalue weighted by molar-refractivity contribution is -0.116. The first-order chi connectivity index (χ1) is 11.4. The van der Waals surface area contributed by atoms with Gasteiger partial charge in [0.25, 0.3) is 0 Å². The van der Waals surface area contributed by atoms with Gasteiger partial charge in [0.1, 0.15) is 23.2 Å². The van der Waals surface area contributed by atoms with Crippen LogP contribution in [-0.4, -0.2) is 16.9 Å². The molecule has 0 aliphatic heterocycles. The summed E-state index contributed by atoms with van der Waals surface area (Å²) in [6.45, 7) is 3.36. The van der Waals surface area contributed by atoms with E-state index in [-0.39, 0.29) is 5.69 Å². The van der Waals surface area contributed by atoms with Gasteiger partial charge < -0.3 is 15.1 Å². The Hall–Kier alpha value is -2.96. The quantitative estimate of drug-likeness (QED) is 0.762. The zero-order valence-electron chi connectivity index (χ0n) is 13.1. The van der Waals surface area contributed by atoms with Crippen molar-refractivity contribution in [3.63, 3.8) is 0 Å². The number of carbonyl (C=O) groups is 1. The van der Waals surface area contributed by atoms with Crippen molar-refractivity contribution in [1.29, 1.82) is 0 Å². The largest absolute Gasteiger partial charge is 0.441 e. The van der Waals surface area contributed by atoms with E-state index in [1.54, 1.807) is 32.0 Å². The lowest BCUT2D eigenvalue weighted by atomic mass is 10.2. The third-order valence-electron chi connectivity index (χ3n) is 3.46. The number of halogens is 2. The predicted octanol–water partition coefficient (Wildman–Crippen LogP) is 3.85. The van der Waals surface area contributed by atoms with Crippen molar-refractivity contribution in [3.8, 4) is 0 Å². The summed E-state index contributed by atoms with van der Waals surface area (Å²) in [5, 5.41) is 5.35. The first-order valence-electron chi connectivity index (χ1n) is 7.32. The molecule has 0 fully saturated rings. The molecule has 7 heteroatoms. The molecular formula is C17H15F2N3O2. The number of aryl methyl sites for hydroxylation is 1. The van der Waals surface area contributed by atoms with Crippen LogP contribution in [0.1, 0.15) is 12.8 Å². The number of oxazole rings is 1. The molecule has 1 amide bonds. The highest BCUT2D eigenvalue weighted by Crippen LogP contribution is 2.21. The zero-order chi connectivity index (χ0) is 17.3. The maximum atomic E-state index is 13.6. The Bertz CT molecular complexity index is 908. The topological polar surface area (TPSA) is 67.2 Å². The summed E-state index contributed by atoms with van der Waals surface area (Å²) < 4.78 is 32.1. The molecule has 3 aromatic rings. The van der Waals surface area contributed by atoms with Gasteiger partial charge in [-0.25, -0.2) is 13.8 Å². The fourth-order valence-corrected chi connectivity index (χ4v) is 2.28. The van der Waals surface area contributed by atoms with E-state index in [0.29, 0.717) is 22.7 Å². The molecule has 0 aliphatic carbocycles. The van der Waals surface area contributed by atoms with Gasteiger partial charge in [-0.05, 0) is 37.3 Å². The Morgan fingerprint density at radius 2 is 2.00 bits per heavy atom. The fraction of sp³-hybridized carbons (Fsp3) is 0.176. The molecule has 3 rings (SSSR count). The molecule has 0 radical (unpaired) electrons. The smallest absolute Gasteiger partial charge is 0.246 e. The normalized spacial score (nSPS) is 12.2. The van der Waals surface area contributed by atoms with Gasteiger partial charge in [0.15, 0.2) is 11.5 Å². The molecule has 0 saturated heterocycles. The molecule has 0 bridgehead atoms. The van der Waals surface area contributed by atoms with Crippen LogP contribution in [0, 0.1) is 18.6 Å². The molecule has 5 nitrogen and oxygen atoms in total. The molecule has 2 N–H and O–H groups in total. The third-order valence-corrected chi connectivity index (χ3v) is 3.46. The van der Waals surface area contributed by atoms with Crippen LogP contribution < -0.4 is 10.6 Å². The van der Waals surface area contributed by atoms with Crippen molar-refractivity contribution in [2.24, 2.45) is 0 Å². The van der Waals surface area contributed by atoms with Crippen molar-refractivity contribution >= 4 is 28.4 Å². The average Bonchev–Trinajstić information content (AvgIpc) is 2.90. The first kappa shape index (κ1) is 15.9. The summed E-state index contributed by atoms with van der Waals surface area (Å²) in [5.74, 6) is -1.26. The Kier molecular flexibility index (Phi) is 4.16. The molecule has 0 saturated carbocycles. The number of nitrogens with zero attached hydrogens (tertiary/aromatic N) is 1. The van der Waals surface area contributed by atoms with Gasteiger partial charge >= 0.3 is 0 Å². The summed E-state index contributed by atoms with van der Waals surface area (Å²) in [4.78, 5) is 16.4. The number of nitrogens with one attached hydrogen (secondary N) is 2.